The highest BCUT2D eigenvalue weighted by molar-refractivity contribution is 7.80. The lowest BCUT2D eigenvalue weighted by Gasteiger charge is -2.29. The second kappa shape index (κ2) is 10.6. The molecule has 7 nitrogen and oxygen atoms in total. The first-order valence-corrected chi connectivity index (χ1v) is 12.6. The topological polar surface area (TPSA) is 71.4 Å². The Bertz CT molecular complexity index is 1160. The molecule has 0 radical (unpaired) electrons. The Morgan fingerprint density at radius 1 is 1.20 bits per heavy atom. The molecule has 0 saturated carbocycles. The number of hydrogen-bond donors (Lipinski definition) is 2. The van der Waals surface area contributed by atoms with E-state index >= 15 is 0 Å². The molecule has 2 aliphatic heterocycles. The molecular formula is C27H31N5O2S. The summed E-state index contributed by atoms with van der Waals surface area (Å²) < 4.78 is 8.17. The molecule has 3 atom stereocenters. The SMILES string of the molecule is Cc1ccc(NC(=O)CCN2C(=S)N[C@H](c3ccccn3)[C@H]2c2cccn2C[C@@H]2CCCO2)cc1. The summed E-state index contributed by atoms with van der Waals surface area (Å²) in [6.07, 6.45) is 6.65. The van der Waals surface area contributed by atoms with E-state index in [1.807, 2.05) is 49.4 Å². The smallest absolute Gasteiger partial charge is 0.226 e. The third kappa shape index (κ3) is 5.39. The van der Waals surface area contributed by atoms with Gasteiger partial charge in [0.2, 0.25) is 5.91 Å². The predicted molar refractivity (Wildman–Crippen MR) is 140 cm³/mol. The number of carbonyl (C=O) groups excluding carboxylic acids is 1. The fourth-order valence-electron chi connectivity index (χ4n) is 4.92. The Hall–Kier alpha value is -3.23. The zero-order valence-electron chi connectivity index (χ0n) is 19.9. The summed E-state index contributed by atoms with van der Waals surface area (Å²) >= 11 is 5.77. The van der Waals surface area contributed by atoms with E-state index in [0.29, 0.717) is 18.1 Å². The zero-order chi connectivity index (χ0) is 24.2. The molecule has 0 spiro atoms. The summed E-state index contributed by atoms with van der Waals surface area (Å²) in [6, 6.07) is 17.8. The van der Waals surface area contributed by atoms with Crippen molar-refractivity contribution in [2.75, 3.05) is 18.5 Å². The third-order valence-electron chi connectivity index (χ3n) is 6.70. The Labute approximate surface area is 211 Å². The number of rotatable bonds is 8. The van der Waals surface area contributed by atoms with Crippen molar-refractivity contribution >= 4 is 28.9 Å². The van der Waals surface area contributed by atoms with Crippen molar-refractivity contribution < 1.29 is 9.53 Å². The van der Waals surface area contributed by atoms with Crippen LogP contribution in [0.15, 0.2) is 67.0 Å². The minimum Gasteiger partial charge on any atom is -0.376 e. The molecule has 8 heteroatoms. The fraction of sp³-hybridized carbons (Fsp3) is 0.370. The van der Waals surface area contributed by atoms with Gasteiger partial charge < -0.3 is 24.8 Å². The zero-order valence-corrected chi connectivity index (χ0v) is 20.7. The van der Waals surface area contributed by atoms with E-state index in [-0.39, 0.29) is 24.1 Å². The number of aromatic nitrogens is 2. The second-order valence-corrected chi connectivity index (χ2v) is 9.59. The highest BCUT2D eigenvalue weighted by Crippen LogP contribution is 2.39. The largest absolute Gasteiger partial charge is 0.376 e. The Morgan fingerprint density at radius 3 is 2.80 bits per heavy atom. The number of nitrogens with one attached hydrogen (secondary N) is 2. The van der Waals surface area contributed by atoms with Crippen molar-refractivity contribution in [1.82, 2.24) is 19.8 Å². The number of pyridine rings is 1. The molecule has 1 amide bonds. The van der Waals surface area contributed by atoms with Crippen LogP contribution >= 0.6 is 12.2 Å². The Kier molecular flexibility index (Phi) is 7.11. The average molecular weight is 490 g/mol. The first-order valence-electron chi connectivity index (χ1n) is 12.2. The number of nitrogens with zero attached hydrogens (tertiary/aromatic N) is 3. The van der Waals surface area contributed by atoms with Crippen molar-refractivity contribution in [3.05, 3.63) is 83.9 Å². The lowest BCUT2D eigenvalue weighted by atomic mass is 10.0. The lowest BCUT2D eigenvalue weighted by Crippen LogP contribution is -2.33. The van der Waals surface area contributed by atoms with Gasteiger partial charge in [0.1, 0.15) is 0 Å². The first-order chi connectivity index (χ1) is 17.1. The maximum Gasteiger partial charge on any atom is 0.226 e. The Morgan fingerprint density at radius 2 is 2.06 bits per heavy atom. The molecule has 0 bridgehead atoms. The van der Waals surface area contributed by atoms with Crippen LogP contribution in [0, 0.1) is 6.92 Å². The molecule has 2 fully saturated rings. The van der Waals surface area contributed by atoms with E-state index in [0.717, 1.165) is 48.6 Å². The van der Waals surface area contributed by atoms with Crippen LogP contribution in [0.3, 0.4) is 0 Å². The molecule has 2 aromatic heterocycles. The van der Waals surface area contributed by atoms with Gasteiger partial charge in [-0.1, -0.05) is 23.8 Å². The molecule has 35 heavy (non-hydrogen) atoms. The molecule has 2 N–H and O–H groups in total. The van der Waals surface area contributed by atoms with E-state index in [2.05, 4.69) is 43.4 Å². The Balaban J connectivity index is 1.36. The number of hydrogen-bond acceptors (Lipinski definition) is 4. The van der Waals surface area contributed by atoms with Crippen LogP contribution in [0.4, 0.5) is 5.69 Å². The molecule has 182 valence electrons. The molecule has 0 unspecified atom stereocenters. The van der Waals surface area contributed by atoms with E-state index in [1.165, 1.54) is 0 Å². The quantitative estimate of drug-likeness (QED) is 0.458. The summed E-state index contributed by atoms with van der Waals surface area (Å²) in [5.74, 6) is -0.0357. The molecular weight excluding hydrogens is 458 g/mol. The van der Waals surface area contributed by atoms with E-state index in [4.69, 9.17) is 17.0 Å². The molecule has 1 aromatic carbocycles. The number of benzene rings is 1. The maximum absolute atomic E-state index is 12.8. The van der Waals surface area contributed by atoms with Crippen molar-refractivity contribution in [3.63, 3.8) is 0 Å². The van der Waals surface area contributed by atoms with Crippen LogP contribution in [0.25, 0.3) is 0 Å². The van der Waals surface area contributed by atoms with Gasteiger partial charge in [-0.3, -0.25) is 9.78 Å². The van der Waals surface area contributed by atoms with Gasteiger partial charge in [0.15, 0.2) is 5.11 Å². The standard InChI is InChI=1S/C27H31N5O2S/c1-19-9-11-20(12-10-19)29-24(33)13-16-32-26(25(30-27(32)35)22-7-2-3-14-28-22)23-8-4-15-31(23)18-21-6-5-17-34-21/h2-4,7-12,14-15,21,25-26H,5-6,13,16-18H2,1H3,(H,29,33)(H,30,35)/t21-,25+,26+/m0/s1. The molecule has 3 aromatic rings. The summed E-state index contributed by atoms with van der Waals surface area (Å²) in [5.41, 5.74) is 4.03. The average Bonchev–Trinajstić information content (AvgIpc) is 3.61. The molecule has 0 aliphatic carbocycles. The van der Waals surface area contributed by atoms with Gasteiger partial charge in [0, 0.05) is 49.9 Å². The van der Waals surface area contributed by atoms with E-state index in [9.17, 15) is 4.79 Å². The van der Waals surface area contributed by atoms with Crippen molar-refractivity contribution in [1.29, 1.82) is 0 Å². The number of ether oxygens (including phenoxy) is 1. The molecule has 5 rings (SSSR count). The number of anilines is 1. The van der Waals surface area contributed by atoms with Gasteiger partial charge in [-0.25, -0.2) is 0 Å². The van der Waals surface area contributed by atoms with Crippen molar-refractivity contribution in [2.45, 2.75) is 50.9 Å². The van der Waals surface area contributed by atoms with Crippen LogP contribution in [-0.4, -0.2) is 44.7 Å². The summed E-state index contributed by atoms with van der Waals surface area (Å²) in [7, 11) is 0. The lowest BCUT2D eigenvalue weighted by molar-refractivity contribution is -0.116. The third-order valence-corrected chi connectivity index (χ3v) is 7.06. The number of aryl methyl sites for hydroxylation is 1. The number of amides is 1. The van der Waals surface area contributed by atoms with E-state index < -0.39 is 0 Å². The van der Waals surface area contributed by atoms with Crippen LogP contribution in [0.5, 0.6) is 0 Å². The second-order valence-electron chi connectivity index (χ2n) is 9.20. The summed E-state index contributed by atoms with van der Waals surface area (Å²) in [4.78, 5) is 19.5. The minimum atomic E-state index is -0.109. The van der Waals surface area contributed by atoms with Gasteiger partial charge >= 0.3 is 0 Å². The monoisotopic (exact) mass is 489 g/mol. The van der Waals surface area contributed by atoms with Gasteiger partial charge in [-0.05, 0) is 68.4 Å². The van der Waals surface area contributed by atoms with Crippen LogP contribution in [-0.2, 0) is 16.1 Å². The minimum absolute atomic E-state index is 0.0357. The van der Waals surface area contributed by atoms with Gasteiger partial charge in [0.25, 0.3) is 0 Å². The normalized spacial score (nSPS) is 21.8. The maximum atomic E-state index is 12.8. The fourth-order valence-corrected chi connectivity index (χ4v) is 5.25. The summed E-state index contributed by atoms with van der Waals surface area (Å²) in [5, 5.41) is 7.11. The number of carbonyl (C=O) groups is 1. The first kappa shape index (κ1) is 23.5. The highest BCUT2D eigenvalue weighted by atomic mass is 32.1. The van der Waals surface area contributed by atoms with Gasteiger partial charge in [0.05, 0.1) is 23.9 Å². The van der Waals surface area contributed by atoms with Crippen molar-refractivity contribution in [3.8, 4) is 0 Å². The number of thiocarbonyl (C=S) groups is 1. The van der Waals surface area contributed by atoms with Gasteiger partial charge in [-0.2, -0.15) is 0 Å². The van der Waals surface area contributed by atoms with Crippen LogP contribution < -0.4 is 10.6 Å². The predicted octanol–water partition coefficient (Wildman–Crippen LogP) is 4.37. The van der Waals surface area contributed by atoms with E-state index in [1.54, 1.807) is 6.20 Å². The summed E-state index contributed by atoms with van der Waals surface area (Å²) in [6.45, 7) is 4.17. The van der Waals surface area contributed by atoms with Gasteiger partial charge in [-0.15, -0.1) is 0 Å². The van der Waals surface area contributed by atoms with Crippen molar-refractivity contribution in [2.24, 2.45) is 0 Å². The van der Waals surface area contributed by atoms with Crippen LogP contribution in [0.2, 0.25) is 0 Å². The molecule has 4 heterocycles. The molecule has 2 aliphatic rings. The highest BCUT2D eigenvalue weighted by Gasteiger charge is 2.41. The molecule has 2 saturated heterocycles. The van der Waals surface area contributed by atoms with Crippen LogP contribution in [0.1, 0.15) is 48.3 Å².